The maximum atomic E-state index is 12.6. The van der Waals surface area contributed by atoms with Gasteiger partial charge in [0.1, 0.15) is 11.4 Å². The van der Waals surface area contributed by atoms with Crippen molar-refractivity contribution in [3.8, 4) is 5.75 Å². The predicted molar refractivity (Wildman–Crippen MR) is 90.5 cm³/mol. The van der Waals surface area contributed by atoms with E-state index in [0.717, 1.165) is 36.3 Å². The van der Waals surface area contributed by atoms with E-state index in [1.807, 2.05) is 45.9 Å². The fraction of sp³-hybridized carbons (Fsp3) is 0.611. The summed E-state index contributed by atoms with van der Waals surface area (Å²) >= 11 is 0. The number of amides is 1. The van der Waals surface area contributed by atoms with Crippen LogP contribution in [0.4, 0.5) is 5.69 Å². The summed E-state index contributed by atoms with van der Waals surface area (Å²) < 4.78 is 11.2. The lowest BCUT2D eigenvalue weighted by Gasteiger charge is -2.28. The first-order chi connectivity index (χ1) is 10.5. The molecule has 124 valence electrons. The third-order valence-corrected chi connectivity index (χ3v) is 3.68. The molecule has 4 heteroatoms. The molecule has 0 bridgehead atoms. The molecule has 1 rings (SSSR count). The van der Waals surface area contributed by atoms with Gasteiger partial charge in [-0.25, -0.2) is 0 Å². The molecule has 0 saturated carbocycles. The summed E-state index contributed by atoms with van der Waals surface area (Å²) in [6, 6.07) is 5.68. The number of ether oxygens (including phenoxy) is 2. The molecule has 0 aliphatic carbocycles. The van der Waals surface area contributed by atoms with Crippen molar-refractivity contribution in [3.63, 3.8) is 0 Å². The first kappa shape index (κ1) is 18.5. The number of hydrogen-bond donors (Lipinski definition) is 1. The van der Waals surface area contributed by atoms with Crippen molar-refractivity contribution in [1.82, 2.24) is 0 Å². The molecule has 1 aromatic carbocycles. The minimum atomic E-state index is -0.781. The Kier molecular flexibility index (Phi) is 7.39. The number of unbranched alkanes of at least 4 members (excludes halogenated alkanes) is 1. The van der Waals surface area contributed by atoms with E-state index < -0.39 is 5.60 Å². The van der Waals surface area contributed by atoms with Crippen molar-refractivity contribution in [3.05, 3.63) is 23.8 Å². The number of rotatable bonds is 9. The van der Waals surface area contributed by atoms with Gasteiger partial charge in [-0.05, 0) is 57.9 Å². The first-order valence-electron chi connectivity index (χ1n) is 8.15. The molecule has 1 aromatic rings. The van der Waals surface area contributed by atoms with Crippen LogP contribution in [0, 0.1) is 6.92 Å². The summed E-state index contributed by atoms with van der Waals surface area (Å²) in [5, 5.41) is 2.97. The fourth-order valence-corrected chi connectivity index (χ4v) is 2.39. The zero-order chi connectivity index (χ0) is 16.6. The highest BCUT2D eigenvalue weighted by Crippen LogP contribution is 2.25. The molecule has 1 atom stereocenters. The highest BCUT2D eigenvalue weighted by atomic mass is 16.5. The highest BCUT2D eigenvalue weighted by Gasteiger charge is 2.33. The van der Waals surface area contributed by atoms with Crippen molar-refractivity contribution >= 4 is 11.6 Å². The van der Waals surface area contributed by atoms with E-state index in [-0.39, 0.29) is 5.91 Å². The Morgan fingerprint density at radius 1 is 1.23 bits per heavy atom. The zero-order valence-electron chi connectivity index (χ0n) is 14.5. The quantitative estimate of drug-likeness (QED) is 0.739. The minimum absolute atomic E-state index is 0.0913. The van der Waals surface area contributed by atoms with E-state index in [4.69, 9.17) is 9.47 Å². The number of hydrogen-bond acceptors (Lipinski definition) is 3. The molecule has 0 saturated heterocycles. The molecule has 22 heavy (non-hydrogen) atoms. The monoisotopic (exact) mass is 307 g/mol. The molecular weight excluding hydrogens is 278 g/mol. The minimum Gasteiger partial charge on any atom is -0.494 e. The Labute approximate surface area is 134 Å². The van der Waals surface area contributed by atoms with Crippen molar-refractivity contribution < 1.29 is 14.3 Å². The van der Waals surface area contributed by atoms with Crippen molar-refractivity contribution in [1.29, 1.82) is 0 Å². The maximum absolute atomic E-state index is 12.6. The topological polar surface area (TPSA) is 47.6 Å². The lowest BCUT2D eigenvalue weighted by molar-refractivity contribution is -0.139. The third kappa shape index (κ3) is 5.02. The summed E-state index contributed by atoms with van der Waals surface area (Å²) in [6.07, 6.45) is 2.73. The van der Waals surface area contributed by atoms with Gasteiger partial charge in [0.05, 0.1) is 6.61 Å². The number of carbonyl (C=O) groups is 1. The van der Waals surface area contributed by atoms with Gasteiger partial charge in [-0.1, -0.05) is 19.8 Å². The Bertz CT molecular complexity index is 487. The van der Waals surface area contributed by atoms with Gasteiger partial charge in [0.15, 0.2) is 0 Å². The second-order valence-electron chi connectivity index (χ2n) is 5.63. The van der Waals surface area contributed by atoms with Crippen LogP contribution >= 0.6 is 0 Å². The molecule has 0 aliphatic heterocycles. The standard InChI is InChI=1S/C18H29NO3/c1-6-9-12-18(5,22-8-3)17(20)19-15-10-11-16(21-7-2)14(4)13-15/h10-11,13H,6-9,12H2,1-5H3,(H,19,20). The summed E-state index contributed by atoms with van der Waals surface area (Å²) in [7, 11) is 0. The lowest BCUT2D eigenvalue weighted by atomic mass is 9.97. The molecule has 1 unspecified atom stereocenters. The van der Waals surface area contributed by atoms with Gasteiger partial charge >= 0.3 is 0 Å². The normalized spacial score (nSPS) is 13.5. The van der Waals surface area contributed by atoms with E-state index >= 15 is 0 Å². The molecular formula is C18H29NO3. The molecule has 0 heterocycles. The Balaban J connectivity index is 2.82. The Morgan fingerprint density at radius 2 is 1.95 bits per heavy atom. The second kappa shape index (κ2) is 8.79. The molecule has 0 aromatic heterocycles. The molecule has 4 nitrogen and oxygen atoms in total. The molecule has 1 N–H and O–H groups in total. The number of anilines is 1. The van der Waals surface area contributed by atoms with E-state index in [1.54, 1.807) is 0 Å². The van der Waals surface area contributed by atoms with Crippen molar-refractivity contribution in [2.75, 3.05) is 18.5 Å². The van der Waals surface area contributed by atoms with Crippen LogP contribution in [-0.2, 0) is 9.53 Å². The largest absolute Gasteiger partial charge is 0.494 e. The SMILES string of the molecule is CCCCC(C)(OCC)C(=O)Nc1ccc(OCC)c(C)c1. The van der Waals surface area contributed by atoms with Crippen LogP contribution in [0.3, 0.4) is 0 Å². The van der Waals surface area contributed by atoms with Gasteiger partial charge in [-0.3, -0.25) is 4.79 Å². The van der Waals surface area contributed by atoms with Gasteiger partial charge in [-0.15, -0.1) is 0 Å². The number of carbonyl (C=O) groups excluding carboxylic acids is 1. The van der Waals surface area contributed by atoms with E-state index in [1.165, 1.54) is 0 Å². The predicted octanol–water partition coefficient (Wildman–Crippen LogP) is 4.32. The maximum Gasteiger partial charge on any atom is 0.256 e. The smallest absolute Gasteiger partial charge is 0.256 e. The molecule has 0 radical (unpaired) electrons. The summed E-state index contributed by atoms with van der Waals surface area (Å²) in [5.74, 6) is 0.755. The van der Waals surface area contributed by atoms with Gasteiger partial charge in [0.2, 0.25) is 0 Å². The number of nitrogens with one attached hydrogen (secondary N) is 1. The van der Waals surface area contributed by atoms with Crippen LogP contribution in [-0.4, -0.2) is 24.7 Å². The summed E-state index contributed by atoms with van der Waals surface area (Å²) in [5.41, 5.74) is 0.997. The first-order valence-corrected chi connectivity index (χ1v) is 8.15. The average molecular weight is 307 g/mol. The van der Waals surface area contributed by atoms with Gasteiger partial charge in [-0.2, -0.15) is 0 Å². The number of aryl methyl sites for hydroxylation is 1. The average Bonchev–Trinajstić information content (AvgIpc) is 2.48. The van der Waals surface area contributed by atoms with Crippen LogP contribution in [0.2, 0.25) is 0 Å². The van der Waals surface area contributed by atoms with Gasteiger partial charge in [0.25, 0.3) is 5.91 Å². The van der Waals surface area contributed by atoms with Crippen LogP contribution in [0.5, 0.6) is 5.75 Å². The van der Waals surface area contributed by atoms with Crippen LogP contribution in [0.1, 0.15) is 52.5 Å². The molecule has 0 spiro atoms. The third-order valence-electron chi connectivity index (χ3n) is 3.68. The summed E-state index contributed by atoms with van der Waals surface area (Å²) in [6.45, 7) is 11.0. The lowest BCUT2D eigenvalue weighted by Crippen LogP contribution is -2.42. The Morgan fingerprint density at radius 3 is 2.50 bits per heavy atom. The van der Waals surface area contributed by atoms with E-state index in [0.29, 0.717) is 13.2 Å². The molecule has 0 fully saturated rings. The summed E-state index contributed by atoms with van der Waals surface area (Å²) in [4.78, 5) is 12.6. The zero-order valence-corrected chi connectivity index (χ0v) is 14.5. The van der Waals surface area contributed by atoms with E-state index in [9.17, 15) is 4.79 Å². The molecule has 0 aliphatic rings. The fourth-order valence-electron chi connectivity index (χ4n) is 2.39. The van der Waals surface area contributed by atoms with Crippen molar-refractivity contribution in [2.45, 2.75) is 59.5 Å². The van der Waals surface area contributed by atoms with Crippen molar-refractivity contribution in [2.24, 2.45) is 0 Å². The molecule has 1 amide bonds. The van der Waals surface area contributed by atoms with Crippen LogP contribution in [0.25, 0.3) is 0 Å². The van der Waals surface area contributed by atoms with Crippen LogP contribution in [0.15, 0.2) is 18.2 Å². The van der Waals surface area contributed by atoms with Gasteiger partial charge in [0, 0.05) is 12.3 Å². The number of benzene rings is 1. The highest BCUT2D eigenvalue weighted by molar-refractivity contribution is 5.97. The van der Waals surface area contributed by atoms with Gasteiger partial charge < -0.3 is 14.8 Å². The van der Waals surface area contributed by atoms with Crippen LogP contribution < -0.4 is 10.1 Å². The Hall–Kier alpha value is -1.55. The second-order valence-corrected chi connectivity index (χ2v) is 5.63. The van der Waals surface area contributed by atoms with E-state index in [2.05, 4.69) is 12.2 Å².